The van der Waals surface area contributed by atoms with E-state index in [1.54, 1.807) is 24.3 Å². The molecule has 108 valence electrons. The molecule has 2 atom stereocenters. The summed E-state index contributed by atoms with van der Waals surface area (Å²) in [6, 6.07) is 16.7. The molecule has 2 aliphatic rings. The fourth-order valence-electron chi connectivity index (χ4n) is 2.79. The third-order valence-electron chi connectivity index (χ3n) is 3.82. The zero-order valence-corrected chi connectivity index (χ0v) is 11.5. The Balaban J connectivity index is 1.72. The van der Waals surface area contributed by atoms with Gasteiger partial charge in [-0.3, -0.25) is 9.59 Å². The molecule has 2 aliphatic heterocycles. The molecule has 1 saturated heterocycles. The minimum absolute atomic E-state index is 0.296. The van der Waals surface area contributed by atoms with Gasteiger partial charge in [0.2, 0.25) is 0 Å². The van der Waals surface area contributed by atoms with Crippen LogP contribution in [0.2, 0.25) is 0 Å². The van der Waals surface area contributed by atoms with Crippen LogP contribution in [0, 0.1) is 0 Å². The van der Waals surface area contributed by atoms with Crippen LogP contribution >= 0.6 is 0 Å². The molecule has 0 spiro atoms. The molecule has 1 fully saturated rings. The second-order valence-electron chi connectivity index (χ2n) is 5.12. The number of fused-ring (bicyclic) bond motifs is 1. The minimum Gasteiger partial charge on any atom is -0.271 e. The lowest BCUT2D eigenvalue weighted by Gasteiger charge is -2.20. The lowest BCUT2D eigenvalue weighted by Crippen LogP contribution is -2.39. The third kappa shape index (κ3) is 1.74. The predicted octanol–water partition coefficient (Wildman–Crippen LogP) is 2.18. The maximum atomic E-state index is 12.7. The van der Waals surface area contributed by atoms with E-state index in [1.807, 2.05) is 36.4 Å². The highest BCUT2D eigenvalue weighted by atomic mass is 16.2. The Bertz CT molecular complexity index is 760. The number of hydrogen-bond donors (Lipinski definition) is 0. The van der Waals surface area contributed by atoms with Gasteiger partial charge in [0.15, 0.2) is 12.1 Å². The lowest BCUT2D eigenvalue weighted by molar-refractivity contribution is -0.121. The van der Waals surface area contributed by atoms with E-state index < -0.39 is 12.1 Å². The largest absolute Gasteiger partial charge is 0.271 e. The van der Waals surface area contributed by atoms with Crippen molar-refractivity contribution in [2.45, 2.75) is 12.1 Å². The van der Waals surface area contributed by atoms with Crippen LogP contribution in [0.4, 0.5) is 11.4 Å². The highest BCUT2D eigenvalue weighted by molar-refractivity contribution is 6.26. The number of carbonyl (C=O) groups excluding carboxylic acids is 2. The van der Waals surface area contributed by atoms with E-state index in [4.69, 9.17) is 0 Å². The summed E-state index contributed by atoms with van der Waals surface area (Å²) in [6.07, 6.45) is 0. The van der Waals surface area contributed by atoms with Gasteiger partial charge in [-0.2, -0.15) is 5.11 Å². The number of imide groups is 1. The Kier molecular flexibility index (Phi) is 2.75. The van der Waals surface area contributed by atoms with E-state index in [-0.39, 0.29) is 11.8 Å². The molecule has 6 nitrogen and oxygen atoms in total. The van der Waals surface area contributed by atoms with Gasteiger partial charge in [-0.1, -0.05) is 41.6 Å². The molecule has 0 saturated carbocycles. The lowest BCUT2D eigenvalue weighted by atomic mass is 10.1. The first-order valence-electron chi connectivity index (χ1n) is 6.95. The van der Waals surface area contributed by atoms with Crippen molar-refractivity contribution in [3.63, 3.8) is 0 Å². The van der Waals surface area contributed by atoms with Crippen molar-refractivity contribution in [2.75, 3.05) is 9.91 Å². The maximum absolute atomic E-state index is 12.7. The molecule has 0 aromatic heterocycles. The van der Waals surface area contributed by atoms with Gasteiger partial charge in [0.1, 0.15) is 0 Å². The second-order valence-corrected chi connectivity index (χ2v) is 5.12. The minimum atomic E-state index is -0.770. The SMILES string of the molecule is O=C1[C@@H]2N=NN(c3ccccc3)[C@H]2C(=O)N1c1ccccc1. The Hall–Kier alpha value is -3.02. The molecule has 0 radical (unpaired) electrons. The van der Waals surface area contributed by atoms with E-state index in [2.05, 4.69) is 10.3 Å². The Morgan fingerprint density at radius 2 is 1.36 bits per heavy atom. The molecule has 2 amide bonds. The highest BCUT2D eigenvalue weighted by Crippen LogP contribution is 2.34. The van der Waals surface area contributed by atoms with Crippen molar-refractivity contribution in [3.05, 3.63) is 60.7 Å². The van der Waals surface area contributed by atoms with Gasteiger partial charge in [0.05, 0.1) is 11.4 Å². The molecule has 2 aromatic carbocycles. The Labute approximate surface area is 126 Å². The van der Waals surface area contributed by atoms with Gasteiger partial charge < -0.3 is 0 Å². The van der Waals surface area contributed by atoms with Crippen molar-refractivity contribution >= 4 is 23.2 Å². The topological polar surface area (TPSA) is 65.3 Å². The number of anilines is 2. The molecule has 4 rings (SSSR count). The summed E-state index contributed by atoms with van der Waals surface area (Å²) in [6.45, 7) is 0. The average Bonchev–Trinajstić information content (AvgIpc) is 3.10. The molecule has 6 heteroatoms. The van der Waals surface area contributed by atoms with Crippen LogP contribution in [-0.2, 0) is 9.59 Å². The van der Waals surface area contributed by atoms with Gasteiger partial charge in [-0.25, -0.2) is 9.91 Å². The summed E-state index contributed by atoms with van der Waals surface area (Å²) in [5.74, 6) is -0.626. The summed E-state index contributed by atoms with van der Waals surface area (Å²) < 4.78 is 0. The highest BCUT2D eigenvalue weighted by Gasteiger charge is 2.55. The normalized spacial score (nSPS) is 23.3. The fourth-order valence-corrected chi connectivity index (χ4v) is 2.79. The molecule has 2 heterocycles. The zero-order valence-electron chi connectivity index (χ0n) is 11.5. The number of amides is 2. The first-order valence-corrected chi connectivity index (χ1v) is 6.95. The second kappa shape index (κ2) is 4.77. The van der Waals surface area contributed by atoms with E-state index >= 15 is 0 Å². The van der Waals surface area contributed by atoms with Crippen LogP contribution < -0.4 is 9.91 Å². The van der Waals surface area contributed by atoms with Crippen molar-refractivity contribution in [1.82, 2.24) is 0 Å². The van der Waals surface area contributed by atoms with Crippen molar-refractivity contribution in [3.8, 4) is 0 Å². The van der Waals surface area contributed by atoms with Crippen molar-refractivity contribution < 1.29 is 9.59 Å². The van der Waals surface area contributed by atoms with Crippen LogP contribution in [0.3, 0.4) is 0 Å². The molecule has 22 heavy (non-hydrogen) atoms. The molecule has 0 N–H and O–H groups in total. The van der Waals surface area contributed by atoms with Crippen LogP contribution in [0.5, 0.6) is 0 Å². The van der Waals surface area contributed by atoms with Crippen LogP contribution in [0.15, 0.2) is 71.0 Å². The first kappa shape index (κ1) is 12.7. The fraction of sp³-hybridized carbons (Fsp3) is 0.125. The zero-order chi connectivity index (χ0) is 15.1. The number of hydrogen-bond acceptors (Lipinski definition) is 5. The van der Waals surface area contributed by atoms with Crippen LogP contribution in [0.1, 0.15) is 0 Å². The summed E-state index contributed by atoms with van der Waals surface area (Å²) in [5.41, 5.74) is 1.31. The number of rotatable bonds is 2. The first-order chi connectivity index (χ1) is 10.8. The van der Waals surface area contributed by atoms with Crippen LogP contribution in [0.25, 0.3) is 0 Å². The number of para-hydroxylation sites is 2. The maximum Gasteiger partial charge on any atom is 0.263 e. The summed E-state index contributed by atoms with van der Waals surface area (Å²) in [5, 5.41) is 9.53. The summed E-state index contributed by atoms with van der Waals surface area (Å²) in [7, 11) is 0. The monoisotopic (exact) mass is 292 g/mol. The number of carbonyl (C=O) groups is 2. The molecular formula is C16H12N4O2. The van der Waals surface area contributed by atoms with Gasteiger partial charge in [-0.05, 0) is 24.3 Å². The average molecular weight is 292 g/mol. The van der Waals surface area contributed by atoms with Gasteiger partial charge in [0, 0.05) is 0 Å². The Morgan fingerprint density at radius 1 is 0.773 bits per heavy atom. The third-order valence-corrected chi connectivity index (χ3v) is 3.82. The molecular weight excluding hydrogens is 280 g/mol. The standard InChI is InChI=1S/C16H12N4O2/c21-15-13-14(16(22)19(15)11-7-3-1-4-8-11)20(18-17-13)12-9-5-2-6-10-12/h1-10,13-14H/t13-,14-/m1/s1. The number of nitrogens with zero attached hydrogens (tertiary/aromatic N) is 4. The van der Waals surface area contributed by atoms with Crippen molar-refractivity contribution in [2.24, 2.45) is 10.3 Å². The smallest absolute Gasteiger partial charge is 0.263 e. The van der Waals surface area contributed by atoms with Crippen LogP contribution in [-0.4, -0.2) is 23.9 Å². The van der Waals surface area contributed by atoms with Gasteiger partial charge in [-0.15, -0.1) is 0 Å². The molecule has 2 aromatic rings. The summed E-state index contributed by atoms with van der Waals surface area (Å²) in [4.78, 5) is 26.4. The van der Waals surface area contributed by atoms with Gasteiger partial charge >= 0.3 is 0 Å². The summed E-state index contributed by atoms with van der Waals surface area (Å²) >= 11 is 0. The quantitative estimate of drug-likeness (QED) is 0.797. The van der Waals surface area contributed by atoms with Crippen molar-refractivity contribution in [1.29, 1.82) is 0 Å². The molecule has 0 aliphatic carbocycles. The predicted molar refractivity (Wildman–Crippen MR) is 80.3 cm³/mol. The van der Waals surface area contributed by atoms with Gasteiger partial charge in [0.25, 0.3) is 11.8 Å². The van der Waals surface area contributed by atoms with E-state index in [0.717, 1.165) is 5.69 Å². The molecule has 0 unspecified atom stereocenters. The molecule has 0 bridgehead atoms. The van der Waals surface area contributed by atoms with E-state index in [1.165, 1.54) is 9.91 Å². The van der Waals surface area contributed by atoms with E-state index in [9.17, 15) is 9.59 Å². The Morgan fingerprint density at radius 3 is 2.00 bits per heavy atom. The number of benzene rings is 2. The van der Waals surface area contributed by atoms with E-state index in [0.29, 0.717) is 5.69 Å².